The van der Waals surface area contributed by atoms with E-state index in [0.29, 0.717) is 11.1 Å². The minimum atomic E-state index is -0.186. The zero-order chi connectivity index (χ0) is 21.9. The second kappa shape index (κ2) is 9.00. The molecule has 5 rings (SSSR count). The first kappa shape index (κ1) is 20.5. The molecular formula is C25H19N3O2S2. The molecule has 1 N–H and O–H groups in total. The van der Waals surface area contributed by atoms with E-state index >= 15 is 0 Å². The summed E-state index contributed by atoms with van der Waals surface area (Å²) in [5.74, 6) is -0.186. The topological polar surface area (TPSA) is 66.3 Å². The highest BCUT2D eigenvalue weighted by Crippen LogP contribution is 2.35. The van der Waals surface area contributed by atoms with Crippen molar-refractivity contribution >= 4 is 45.3 Å². The molecule has 0 bridgehead atoms. The van der Waals surface area contributed by atoms with Gasteiger partial charge in [-0.1, -0.05) is 30.3 Å². The van der Waals surface area contributed by atoms with Crippen LogP contribution in [0.1, 0.15) is 10.4 Å². The van der Waals surface area contributed by atoms with Crippen molar-refractivity contribution in [2.45, 2.75) is 0 Å². The number of hydrogen-bond donors (Lipinski definition) is 1. The lowest BCUT2D eigenvalue weighted by Gasteiger charge is -2.22. The molecule has 158 valence electrons. The zero-order valence-corrected chi connectivity index (χ0v) is 18.6. The molecule has 0 aliphatic rings. The summed E-state index contributed by atoms with van der Waals surface area (Å²) < 4.78 is 0. The highest BCUT2D eigenvalue weighted by Gasteiger charge is 2.20. The van der Waals surface area contributed by atoms with Gasteiger partial charge in [0, 0.05) is 17.8 Å². The van der Waals surface area contributed by atoms with E-state index in [9.17, 15) is 9.90 Å². The Hall–Kier alpha value is -3.39. The van der Waals surface area contributed by atoms with Crippen molar-refractivity contribution in [3.63, 3.8) is 0 Å². The Balaban J connectivity index is 1.61. The fraction of sp³-hybridized carbons (Fsp3) is 0.0800. The number of rotatable bonds is 6. The molecule has 3 heterocycles. The van der Waals surface area contributed by atoms with Crippen LogP contribution in [-0.4, -0.2) is 34.1 Å². The number of aliphatic hydroxyl groups is 1. The summed E-state index contributed by atoms with van der Waals surface area (Å²) in [5.41, 5.74) is 4.31. The van der Waals surface area contributed by atoms with Gasteiger partial charge in [0.25, 0.3) is 5.91 Å². The molecule has 0 fully saturated rings. The molecule has 0 saturated carbocycles. The molecular weight excluding hydrogens is 438 g/mol. The van der Waals surface area contributed by atoms with E-state index in [1.165, 1.54) is 0 Å². The highest BCUT2D eigenvalue weighted by atomic mass is 32.1. The van der Waals surface area contributed by atoms with E-state index in [1.807, 2.05) is 71.4 Å². The van der Waals surface area contributed by atoms with Gasteiger partial charge < -0.3 is 10.0 Å². The summed E-state index contributed by atoms with van der Waals surface area (Å²) in [6, 6.07) is 22.8. The van der Waals surface area contributed by atoms with Crippen molar-refractivity contribution in [2.75, 3.05) is 18.1 Å². The van der Waals surface area contributed by atoms with Gasteiger partial charge in [0.05, 0.1) is 27.4 Å². The molecule has 7 heteroatoms. The summed E-state index contributed by atoms with van der Waals surface area (Å²) in [4.78, 5) is 26.8. The summed E-state index contributed by atoms with van der Waals surface area (Å²) in [6.45, 7) is 0.0883. The van der Waals surface area contributed by atoms with Gasteiger partial charge in [0.2, 0.25) is 0 Å². The number of aromatic nitrogens is 2. The third kappa shape index (κ3) is 3.93. The number of para-hydroxylation sites is 1. The summed E-state index contributed by atoms with van der Waals surface area (Å²) >= 11 is 3.24. The summed E-state index contributed by atoms with van der Waals surface area (Å²) in [5, 5.41) is 13.6. The molecule has 3 aromatic heterocycles. The molecule has 1 amide bonds. The van der Waals surface area contributed by atoms with Gasteiger partial charge in [-0.2, -0.15) is 0 Å². The molecule has 0 atom stereocenters. The maximum absolute atomic E-state index is 13.3. The molecule has 0 aliphatic heterocycles. The number of carbonyl (C=O) groups is 1. The Morgan fingerprint density at radius 2 is 1.47 bits per heavy atom. The average Bonchev–Trinajstić information content (AvgIpc) is 3.56. The first-order valence-electron chi connectivity index (χ1n) is 10.1. The minimum absolute atomic E-state index is 0.124. The maximum Gasteiger partial charge on any atom is 0.258 e. The fourth-order valence-electron chi connectivity index (χ4n) is 3.57. The largest absolute Gasteiger partial charge is 0.395 e. The molecule has 2 aromatic carbocycles. The van der Waals surface area contributed by atoms with Crippen molar-refractivity contribution in [1.29, 1.82) is 0 Å². The lowest BCUT2D eigenvalue weighted by atomic mass is 10.1. The second-order valence-electron chi connectivity index (χ2n) is 7.09. The maximum atomic E-state index is 13.3. The van der Waals surface area contributed by atoms with Crippen molar-refractivity contribution < 1.29 is 9.90 Å². The van der Waals surface area contributed by atoms with Crippen molar-refractivity contribution in [3.05, 3.63) is 89.1 Å². The Morgan fingerprint density at radius 3 is 2.06 bits per heavy atom. The van der Waals surface area contributed by atoms with Crippen LogP contribution < -0.4 is 4.90 Å². The van der Waals surface area contributed by atoms with Crippen LogP contribution in [0.25, 0.3) is 32.2 Å². The van der Waals surface area contributed by atoms with Crippen molar-refractivity contribution in [2.24, 2.45) is 0 Å². The summed E-state index contributed by atoms with van der Waals surface area (Å²) in [6.07, 6.45) is 0. The van der Waals surface area contributed by atoms with E-state index in [2.05, 4.69) is 0 Å². The number of benzene rings is 2. The van der Waals surface area contributed by atoms with E-state index < -0.39 is 0 Å². The van der Waals surface area contributed by atoms with Crippen molar-refractivity contribution in [1.82, 2.24) is 9.97 Å². The lowest BCUT2D eigenvalue weighted by molar-refractivity contribution is 0.0981. The Kier molecular flexibility index (Phi) is 5.77. The Labute approximate surface area is 193 Å². The molecule has 0 aliphatic carbocycles. The van der Waals surface area contributed by atoms with Crippen LogP contribution in [0.5, 0.6) is 0 Å². The quantitative estimate of drug-likeness (QED) is 0.354. The predicted octanol–water partition coefficient (Wildman–Crippen LogP) is 5.73. The van der Waals surface area contributed by atoms with Crippen LogP contribution in [0.3, 0.4) is 0 Å². The minimum Gasteiger partial charge on any atom is -0.395 e. The first-order valence-corrected chi connectivity index (χ1v) is 11.9. The van der Waals surface area contributed by atoms with E-state index in [1.54, 1.807) is 39.7 Å². The Bertz CT molecular complexity index is 1350. The number of amides is 1. The van der Waals surface area contributed by atoms with Gasteiger partial charge in [0.15, 0.2) is 0 Å². The third-order valence-corrected chi connectivity index (χ3v) is 6.81. The Morgan fingerprint density at radius 1 is 0.812 bits per heavy atom. The lowest BCUT2D eigenvalue weighted by Crippen LogP contribution is -2.33. The number of aliphatic hydroxyl groups excluding tert-OH is 1. The van der Waals surface area contributed by atoms with Crippen LogP contribution in [0.4, 0.5) is 5.69 Å². The monoisotopic (exact) mass is 457 g/mol. The van der Waals surface area contributed by atoms with Crippen molar-refractivity contribution in [3.8, 4) is 21.1 Å². The standard InChI is InChI=1S/C25H19N3O2S2/c29-13-12-28(18-6-2-1-3-7-18)25(30)17-10-11-19-20(16-17)27-24(22-9-5-15-32-22)23(26-19)21-8-4-14-31-21/h1-11,14-16,29H,12-13H2. The highest BCUT2D eigenvalue weighted by molar-refractivity contribution is 7.14. The van der Waals surface area contributed by atoms with Crippen LogP contribution in [0, 0.1) is 0 Å². The van der Waals surface area contributed by atoms with Gasteiger partial charge in [-0.3, -0.25) is 4.79 Å². The molecule has 0 radical (unpaired) electrons. The van der Waals surface area contributed by atoms with E-state index in [0.717, 1.165) is 32.3 Å². The SMILES string of the molecule is O=C(c1ccc2nc(-c3cccs3)c(-c3cccs3)nc2c1)N(CCO)c1ccccc1. The van der Waals surface area contributed by atoms with Gasteiger partial charge in [-0.25, -0.2) is 9.97 Å². The molecule has 0 spiro atoms. The van der Waals surface area contributed by atoms with Gasteiger partial charge >= 0.3 is 0 Å². The van der Waals surface area contributed by atoms with E-state index in [-0.39, 0.29) is 19.1 Å². The van der Waals surface area contributed by atoms with Crippen LogP contribution in [0.2, 0.25) is 0 Å². The molecule has 32 heavy (non-hydrogen) atoms. The van der Waals surface area contributed by atoms with Crippen LogP contribution in [-0.2, 0) is 0 Å². The number of anilines is 1. The second-order valence-corrected chi connectivity index (χ2v) is 8.99. The third-order valence-electron chi connectivity index (χ3n) is 5.06. The number of fused-ring (bicyclic) bond motifs is 1. The number of nitrogens with zero attached hydrogens (tertiary/aromatic N) is 3. The summed E-state index contributed by atoms with van der Waals surface area (Å²) in [7, 11) is 0. The van der Waals surface area contributed by atoms with Gasteiger partial charge in [-0.05, 0) is 53.2 Å². The average molecular weight is 458 g/mol. The van der Waals surface area contributed by atoms with Gasteiger partial charge in [0.1, 0.15) is 11.4 Å². The fourth-order valence-corrected chi connectivity index (χ4v) is 5.00. The number of carbonyl (C=O) groups excluding carboxylic acids is 1. The molecule has 5 aromatic rings. The van der Waals surface area contributed by atoms with Crippen LogP contribution in [0.15, 0.2) is 83.6 Å². The molecule has 0 unspecified atom stereocenters. The smallest absolute Gasteiger partial charge is 0.258 e. The zero-order valence-electron chi connectivity index (χ0n) is 17.0. The van der Waals surface area contributed by atoms with E-state index in [4.69, 9.17) is 9.97 Å². The molecule has 5 nitrogen and oxygen atoms in total. The van der Waals surface area contributed by atoms with Gasteiger partial charge in [-0.15, -0.1) is 22.7 Å². The number of hydrogen-bond acceptors (Lipinski definition) is 6. The predicted molar refractivity (Wildman–Crippen MR) is 131 cm³/mol. The normalized spacial score (nSPS) is 11.0. The van der Waals surface area contributed by atoms with Crippen LogP contribution >= 0.6 is 22.7 Å². The number of thiophene rings is 2. The molecule has 0 saturated heterocycles. The first-order chi connectivity index (χ1) is 15.7.